The number of carbonyl (C=O) groups is 2. The number of hydrogen-bond donors (Lipinski definition) is 1. The number of amides is 3. The molecule has 2 aromatic heterocycles. The number of aromatic nitrogens is 3. The second-order valence-corrected chi connectivity index (χ2v) is 7.62. The van der Waals surface area contributed by atoms with Crippen LogP contribution in [0.4, 0.5) is 4.79 Å². The van der Waals surface area contributed by atoms with Crippen molar-refractivity contribution in [3.05, 3.63) is 65.3 Å². The standard InChI is InChI=1S/C22H26N6O3/c1-16-20(17(2)31-25-16)14-21(29)26-10-12-27(13-11-26)22(30)23-15-18-4-6-19(7-5-18)28-9-3-8-24-28/h3-9H,10-15H2,1-2H3,(H,23,30). The predicted octanol–water partition coefficient (Wildman–Crippen LogP) is 2.07. The number of piperazine rings is 1. The van der Waals surface area contributed by atoms with Crippen molar-refractivity contribution in [2.24, 2.45) is 0 Å². The van der Waals surface area contributed by atoms with Crippen molar-refractivity contribution in [2.45, 2.75) is 26.8 Å². The van der Waals surface area contributed by atoms with Crippen molar-refractivity contribution in [3.63, 3.8) is 0 Å². The Kier molecular flexibility index (Phi) is 6.01. The fourth-order valence-electron chi connectivity index (χ4n) is 3.65. The van der Waals surface area contributed by atoms with E-state index >= 15 is 0 Å². The van der Waals surface area contributed by atoms with Crippen molar-refractivity contribution >= 4 is 11.9 Å². The minimum atomic E-state index is -0.117. The summed E-state index contributed by atoms with van der Waals surface area (Å²) in [4.78, 5) is 28.7. The molecule has 0 atom stereocenters. The lowest BCUT2D eigenvalue weighted by molar-refractivity contribution is -0.131. The lowest BCUT2D eigenvalue weighted by Crippen LogP contribution is -2.53. The van der Waals surface area contributed by atoms with Gasteiger partial charge in [0.25, 0.3) is 0 Å². The van der Waals surface area contributed by atoms with Crippen molar-refractivity contribution in [1.82, 2.24) is 30.1 Å². The number of hydrogen-bond acceptors (Lipinski definition) is 5. The molecule has 1 aliphatic rings. The zero-order valence-electron chi connectivity index (χ0n) is 17.7. The highest BCUT2D eigenvalue weighted by Crippen LogP contribution is 2.15. The normalized spacial score (nSPS) is 14.0. The Balaban J connectivity index is 1.23. The third-order valence-corrected chi connectivity index (χ3v) is 5.58. The predicted molar refractivity (Wildman–Crippen MR) is 114 cm³/mol. The second kappa shape index (κ2) is 9.03. The van der Waals surface area contributed by atoms with E-state index in [0.29, 0.717) is 38.5 Å². The maximum Gasteiger partial charge on any atom is 0.317 e. The summed E-state index contributed by atoms with van der Waals surface area (Å²) in [6, 6.07) is 9.65. The summed E-state index contributed by atoms with van der Waals surface area (Å²) >= 11 is 0. The quantitative estimate of drug-likeness (QED) is 0.679. The largest absolute Gasteiger partial charge is 0.361 e. The summed E-state index contributed by atoms with van der Waals surface area (Å²) in [5.41, 5.74) is 3.58. The molecule has 3 aromatic rings. The Morgan fingerprint density at radius 2 is 1.77 bits per heavy atom. The van der Waals surface area contributed by atoms with Gasteiger partial charge in [0.05, 0.1) is 17.8 Å². The summed E-state index contributed by atoms with van der Waals surface area (Å²) in [5.74, 6) is 0.716. The second-order valence-electron chi connectivity index (χ2n) is 7.62. The van der Waals surface area contributed by atoms with Gasteiger partial charge in [0.15, 0.2) is 0 Å². The molecule has 1 N–H and O–H groups in total. The van der Waals surface area contributed by atoms with E-state index < -0.39 is 0 Å². The topological polar surface area (TPSA) is 96.5 Å². The van der Waals surface area contributed by atoms with Gasteiger partial charge in [-0.1, -0.05) is 17.3 Å². The van der Waals surface area contributed by atoms with Crippen molar-refractivity contribution in [1.29, 1.82) is 0 Å². The van der Waals surface area contributed by atoms with Gasteiger partial charge in [-0.15, -0.1) is 0 Å². The molecule has 0 aliphatic carbocycles. The zero-order chi connectivity index (χ0) is 21.8. The molecule has 9 heteroatoms. The van der Waals surface area contributed by atoms with Gasteiger partial charge in [-0.3, -0.25) is 4.79 Å². The highest BCUT2D eigenvalue weighted by atomic mass is 16.5. The van der Waals surface area contributed by atoms with E-state index in [0.717, 1.165) is 22.5 Å². The van der Waals surface area contributed by atoms with Crippen molar-refractivity contribution < 1.29 is 14.1 Å². The molecule has 0 unspecified atom stereocenters. The molecule has 31 heavy (non-hydrogen) atoms. The van der Waals surface area contributed by atoms with Gasteiger partial charge >= 0.3 is 6.03 Å². The number of urea groups is 1. The van der Waals surface area contributed by atoms with Crippen molar-refractivity contribution in [2.75, 3.05) is 26.2 Å². The molecule has 3 heterocycles. The number of benzene rings is 1. The summed E-state index contributed by atoms with van der Waals surface area (Å²) in [7, 11) is 0. The first kappa shape index (κ1) is 20.6. The minimum absolute atomic E-state index is 0.0340. The maximum absolute atomic E-state index is 12.6. The van der Waals surface area contributed by atoms with Crippen molar-refractivity contribution in [3.8, 4) is 5.69 Å². The third-order valence-electron chi connectivity index (χ3n) is 5.58. The molecule has 1 fully saturated rings. The monoisotopic (exact) mass is 422 g/mol. The van der Waals surface area contributed by atoms with E-state index in [-0.39, 0.29) is 18.4 Å². The maximum atomic E-state index is 12.6. The zero-order valence-corrected chi connectivity index (χ0v) is 17.7. The van der Waals surface area contributed by atoms with E-state index in [4.69, 9.17) is 4.52 Å². The Morgan fingerprint density at radius 1 is 1.06 bits per heavy atom. The van der Waals surface area contributed by atoms with Crippen LogP contribution in [0.2, 0.25) is 0 Å². The molecule has 1 aromatic carbocycles. The lowest BCUT2D eigenvalue weighted by atomic mass is 10.1. The molecular weight excluding hydrogens is 396 g/mol. The summed E-state index contributed by atoms with van der Waals surface area (Å²) < 4.78 is 6.92. The van der Waals surface area contributed by atoms with Gasteiger partial charge < -0.3 is 19.6 Å². The van der Waals surface area contributed by atoms with Crippen LogP contribution < -0.4 is 5.32 Å². The fraction of sp³-hybridized carbons (Fsp3) is 0.364. The van der Waals surface area contributed by atoms with Gasteiger partial charge in [0.2, 0.25) is 5.91 Å². The summed E-state index contributed by atoms with van der Waals surface area (Å²) in [6.45, 7) is 6.17. The average Bonchev–Trinajstić information content (AvgIpc) is 3.44. The summed E-state index contributed by atoms with van der Waals surface area (Å²) in [6.07, 6.45) is 3.90. The SMILES string of the molecule is Cc1noc(C)c1CC(=O)N1CCN(C(=O)NCc2ccc(-n3cccn3)cc2)CC1. The first-order chi connectivity index (χ1) is 15.0. The first-order valence-electron chi connectivity index (χ1n) is 10.3. The highest BCUT2D eigenvalue weighted by molar-refractivity contribution is 5.80. The van der Waals surface area contributed by atoms with Gasteiger partial charge in [-0.25, -0.2) is 9.48 Å². The Hall–Kier alpha value is -3.62. The molecule has 0 spiro atoms. The fourth-order valence-corrected chi connectivity index (χ4v) is 3.65. The van der Waals surface area contributed by atoms with Crippen LogP contribution in [0.15, 0.2) is 47.2 Å². The van der Waals surface area contributed by atoms with E-state index in [1.807, 2.05) is 50.4 Å². The van der Waals surface area contributed by atoms with E-state index in [1.165, 1.54) is 0 Å². The Bertz CT molecular complexity index is 1010. The third kappa shape index (κ3) is 4.76. The summed E-state index contributed by atoms with van der Waals surface area (Å²) in [5, 5.41) is 11.1. The van der Waals surface area contributed by atoms with Gasteiger partial charge in [-0.2, -0.15) is 5.10 Å². The first-order valence-corrected chi connectivity index (χ1v) is 10.3. The molecule has 162 valence electrons. The average molecular weight is 422 g/mol. The molecule has 0 saturated carbocycles. The van der Waals surface area contributed by atoms with E-state index in [9.17, 15) is 9.59 Å². The van der Waals surface area contributed by atoms with Gasteiger partial charge in [0, 0.05) is 50.7 Å². The van der Waals surface area contributed by atoms with E-state index in [2.05, 4.69) is 15.6 Å². The van der Waals surface area contributed by atoms with Crippen LogP contribution in [-0.4, -0.2) is 62.9 Å². The molecular formula is C22H26N6O3. The number of nitrogens with zero attached hydrogens (tertiary/aromatic N) is 5. The highest BCUT2D eigenvalue weighted by Gasteiger charge is 2.25. The minimum Gasteiger partial charge on any atom is -0.361 e. The number of nitrogens with one attached hydrogen (secondary N) is 1. The van der Waals surface area contributed by atoms with E-state index in [1.54, 1.807) is 20.7 Å². The van der Waals surface area contributed by atoms with Crippen LogP contribution in [0.1, 0.15) is 22.6 Å². The smallest absolute Gasteiger partial charge is 0.317 e. The van der Waals surface area contributed by atoms with Crippen LogP contribution in [0, 0.1) is 13.8 Å². The van der Waals surface area contributed by atoms with Crippen LogP contribution >= 0.6 is 0 Å². The van der Waals surface area contributed by atoms with Crippen LogP contribution in [0.5, 0.6) is 0 Å². The molecule has 0 bridgehead atoms. The lowest BCUT2D eigenvalue weighted by Gasteiger charge is -2.34. The molecule has 3 amide bonds. The molecule has 0 radical (unpaired) electrons. The van der Waals surface area contributed by atoms with Gasteiger partial charge in [-0.05, 0) is 37.6 Å². The molecule has 1 aliphatic heterocycles. The van der Waals surface area contributed by atoms with Crippen LogP contribution in [-0.2, 0) is 17.8 Å². The molecule has 4 rings (SSSR count). The number of aryl methyl sites for hydroxylation is 2. The number of carbonyl (C=O) groups excluding carboxylic acids is 2. The Morgan fingerprint density at radius 3 is 2.39 bits per heavy atom. The molecule has 9 nitrogen and oxygen atoms in total. The number of rotatable bonds is 5. The molecule has 1 saturated heterocycles. The Labute approximate surface area is 180 Å². The van der Waals surface area contributed by atoms with Gasteiger partial charge in [0.1, 0.15) is 5.76 Å². The van der Waals surface area contributed by atoms with Crippen LogP contribution in [0.3, 0.4) is 0 Å². The van der Waals surface area contributed by atoms with Crippen LogP contribution in [0.25, 0.3) is 5.69 Å².